The summed E-state index contributed by atoms with van der Waals surface area (Å²) < 4.78 is 45.7. The number of pyridine rings is 1. The van der Waals surface area contributed by atoms with E-state index in [2.05, 4.69) is 19.9 Å². The number of anilines is 1. The number of nitriles is 1. The number of carbonyl (C=O) groups is 1. The molecule has 0 bridgehead atoms. The van der Waals surface area contributed by atoms with Gasteiger partial charge in [-0.1, -0.05) is 17.7 Å². The van der Waals surface area contributed by atoms with Gasteiger partial charge in [0.1, 0.15) is 11.6 Å². The van der Waals surface area contributed by atoms with Gasteiger partial charge in [-0.3, -0.25) is 14.3 Å². The third-order valence-electron chi connectivity index (χ3n) is 4.57. The van der Waals surface area contributed by atoms with Gasteiger partial charge in [0.05, 0.1) is 16.9 Å². The van der Waals surface area contributed by atoms with Gasteiger partial charge in [0, 0.05) is 17.1 Å². The Morgan fingerprint density at radius 2 is 2.12 bits per heavy atom. The summed E-state index contributed by atoms with van der Waals surface area (Å²) >= 11 is 5.92. The molecule has 33 heavy (non-hydrogen) atoms. The van der Waals surface area contributed by atoms with Crippen LogP contribution in [0.2, 0.25) is 5.15 Å². The van der Waals surface area contributed by atoms with Crippen molar-refractivity contribution in [3.05, 3.63) is 57.5 Å². The fraction of sp³-hybridized carbons (Fsp3) is 0.158. The maximum Gasteiger partial charge on any atom is 0.471 e. The molecule has 0 fully saturated rings. The Morgan fingerprint density at radius 3 is 2.76 bits per heavy atom. The number of hydrogen-bond acceptors (Lipinski definition) is 6. The van der Waals surface area contributed by atoms with Gasteiger partial charge in [-0.05, 0) is 31.6 Å². The Bertz CT molecular complexity index is 1400. The molecule has 0 aliphatic carbocycles. The van der Waals surface area contributed by atoms with E-state index in [4.69, 9.17) is 26.6 Å². The van der Waals surface area contributed by atoms with Crippen LogP contribution in [0, 0.1) is 31.0 Å². The number of aromatic nitrogens is 3. The predicted octanol–water partition coefficient (Wildman–Crippen LogP) is 3.73. The van der Waals surface area contributed by atoms with Crippen LogP contribution < -0.4 is 5.32 Å². The highest BCUT2D eigenvalue weighted by atomic mass is 35.5. The summed E-state index contributed by atoms with van der Waals surface area (Å²) in [4.78, 5) is 34.0. The molecule has 0 aliphatic heterocycles. The van der Waals surface area contributed by atoms with Crippen molar-refractivity contribution in [2.75, 3.05) is 5.32 Å². The Hall–Kier alpha value is -3.20. The molecule has 1 aromatic carbocycles. The highest BCUT2D eigenvalue weighted by molar-refractivity contribution is 7.46. The van der Waals surface area contributed by atoms with Crippen molar-refractivity contribution in [2.45, 2.75) is 20.6 Å². The van der Waals surface area contributed by atoms with Crippen LogP contribution in [-0.2, 0) is 20.6 Å². The number of amides is 1. The third-order valence-corrected chi connectivity index (χ3v) is 5.30. The molecule has 2 heterocycles. The van der Waals surface area contributed by atoms with Crippen molar-refractivity contribution in [1.29, 1.82) is 5.26 Å². The van der Waals surface area contributed by atoms with E-state index >= 15 is 4.39 Å². The van der Waals surface area contributed by atoms with Crippen LogP contribution in [0.3, 0.4) is 0 Å². The minimum absolute atomic E-state index is 0.0798. The summed E-state index contributed by atoms with van der Waals surface area (Å²) in [7, 11) is -4.89. The average molecular weight is 498 g/mol. The van der Waals surface area contributed by atoms with Crippen molar-refractivity contribution in [2.24, 2.45) is 0 Å². The molecule has 10 nitrogen and oxygen atoms in total. The first-order valence-electron chi connectivity index (χ1n) is 9.02. The van der Waals surface area contributed by atoms with Crippen LogP contribution in [0.25, 0.3) is 17.0 Å². The fourth-order valence-corrected chi connectivity index (χ4v) is 3.45. The number of phosphoric acid groups is 1. The molecule has 0 unspecified atom stereocenters. The standard InChI is InChI=1S/C19H15ClF2N5O5P/c1-9-12(6-23)7-24-10(2)16(9)25-19(28)14(21)5-11-3-4-13-17(15(11)22)27(26-18(13)20)8-32-33(29,30)31/h3-5,7H,8H2,1-2H3,(H,25,28)(H2,29,30,31)/b14-5-. The molecule has 0 saturated carbocycles. The van der Waals surface area contributed by atoms with Crippen molar-refractivity contribution >= 4 is 48.0 Å². The molecule has 0 atom stereocenters. The van der Waals surface area contributed by atoms with Gasteiger partial charge in [0.25, 0.3) is 5.91 Å². The maximum absolute atomic E-state index is 15.1. The van der Waals surface area contributed by atoms with Crippen LogP contribution in [0.5, 0.6) is 0 Å². The lowest BCUT2D eigenvalue weighted by Crippen LogP contribution is -2.15. The highest BCUT2D eigenvalue weighted by Crippen LogP contribution is 2.37. The van der Waals surface area contributed by atoms with Crippen molar-refractivity contribution in [3.8, 4) is 6.07 Å². The number of rotatable bonds is 6. The number of benzene rings is 1. The molecule has 1 amide bonds. The first-order chi connectivity index (χ1) is 15.4. The lowest BCUT2D eigenvalue weighted by molar-refractivity contribution is -0.114. The van der Waals surface area contributed by atoms with Gasteiger partial charge < -0.3 is 15.1 Å². The molecule has 14 heteroatoms. The predicted molar refractivity (Wildman–Crippen MR) is 114 cm³/mol. The molecule has 172 valence electrons. The van der Waals surface area contributed by atoms with E-state index in [1.807, 2.05) is 6.07 Å². The zero-order valence-electron chi connectivity index (χ0n) is 17.0. The van der Waals surface area contributed by atoms with E-state index < -0.39 is 32.1 Å². The quantitative estimate of drug-likeness (QED) is 0.344. The summed E-state index contributed by atoms with van der Waals surface area (Å²) in [6.45, 7) is 2.29. The normalized spacial score (nSPS) is 12.1. The smallest absolute Gasteiger partial charge is 0.318 e. The van der Waals surface area contributed by atoms with Gasteiger partial charge >= 0.3 is 7.82 Å². The molecule has 0 radical (unpaired) electrons. The molecule has 2 aromatic heterocycles. The van der Waals surface area contributed by atoms with Crippen molar-refractivity contribution in [3.63, 3.8) is 0 Å². The SMILES string of the molecule is Cc1ncc(C#N)c(C)c1NC(=O)/C(F)=C/c1ccc2c(Cl)nn(COP(=O)(O)O)c2c1F. The van der Waals surface area contributed by atoms with Crippen LogP contribution in [0.15, 0.2) is 24.2 Å². The minimum Gasteiger partial charge on any atom is -0.318 e. The highest BCUT2D eigenvalue weighted by Gasteiger charge is 2.21. The summed E-state index contributed by atoms with van der Waals surface area (Å²) in [6, 6.07) is 4.36. The monoisotopic (exact) mass is 497 g/mol. The lowest BCUT2D eigenvalue weighted by Gasteiger charge is -2.11. The van der Waals surface area contributed by atoms with Gasteiger partial charge in [-0.15, -0.1) is 0 Å². The Morgan fingerprint density at radius 1 is 1.42 bits per heavy atom. The minimum atomic E-state index is -4.89. The Kier molecular flexibility index (Phi) is 6.92. The van der Waals surface area contributed by atoms with Crippen LogP contribution >= 0.6 is 19.4 Å². The summed E-state index contributed by atoms with van der Waals surface area (Å²) in [6.07, 6.45) is 1.95. The van der Waals surface area contributed by atoms with Crippen LogP contribution in [0.4, 0.5) is 14.5 Å². The molecule has 3 aromatic rings. The van der Waals surface area contributed by atoms with E-state index in [1.54, 1.807) is 13.8 Å². The van der Waals surface area contributed by atoms with E-state index in [0.29, 0.717) is 17.3 Å². The second-order valence-electron chi connectivity index (χ2n) is 6.72. The number of fused-ring (bicyclic) bond motifs is 1. The second-order valence-corrected chi connectivity index (χ2v) is 8.32. The number of aryl methyl sites for hydroxylation is 1. The largest absolute Gasteiger partial charge is 0.471 e. The molecule has 0 saturated heterocycles. The lowest BCUT2D eigenvalue weighted by atomic mass is 10.1. The Labute approximate surface area is 190 Å². The maximum atomic E-state index is 15.1. The average Bonchev–Trinajstić information content (AvgIpc) is 3.07. The molecular formula is C19H15ClF2N5O5P. The number of carbonyl (C=O) groups excluding carboxylic acids is 1. The molecule has 3 rings (SSSR count). The topological polar surface area (TPSA) is 150 Å². The van der Waals surface area contributed by atoms with Crippen LogP contribution in [-0.4, -0.2) is 30.5 Å². The molecular weight excluding hydrogens is 483 g/mol. The van der Waals surface area contributed by atoms with Gasteiger partial charge in [0.15, 0.2) is 23.5 Å². The van der Waals surface area contributed by atoms with Gasteiger partial charge in [-0.25, -0.2) is 18.0 Å². The fourth-order valence-electron chi connectivity index (χ4n) is 2.94. The summed E-state index contributed by atoms with van der Waals surface area (Å²) in [5.74, 6) is -3.60. The second kappa shape index (κ2) is 9.35. The Balaban J connectivity index is 1.96. The number of hydrogen-bond donors (Lipinski definition) is 3. The number of nitrogens with zero attached hydrogens (tertiary/aromatic N) is 4. The zero-order valence-corrected chi connectivity index (χ0v) is 18.7. The van der Waals surface area contributed by atoms with Gasteiger partial charge in [0.2, 0.25) is 0 Å². The van der Waals surface area contributed by atoms with E-state index in [-0.39, 0.29) is 32.9 Å². The third kappa shape index (κ3) is 5.24. The van der Waals surface area contributed by atoms with E-state index in [1.165, 1.54) is 12.3 Å². The van der Waals surface area contributed by atoms with Crippen molar-refractivity contribution in [1.82, 2.24) is 14.8 Å². The van der Waals surface area contributed by atoms with E-state index in [0.717, 1.165) is 10.7 Å². The number of nitrogens with one attached hydrogen (secondary N) is 1. The van der Waals surface area contributed by atoms with Crippen LogP contribution in [0.1, 0.15) is 22.4 Å². The first kappa shape index (κ1) is 24.4. The van der Waals surface area contributed by atoms with Gasteiger partial charge in [-0.2, -0.15) is 10.4 Å². The first-order valence-corrected chi connectivity index (χ1v) is 10.9. The summed E-state index contributed by atoms with van der Waals surface area (Å²) in [5, 5.41) is 15.1. The zero-order chi connectivity index (χ0) is 24.5. The van der Waals surface area contributed by atoms with Crippen molar-refractivity contribution < 1.29 is 32.5 Å². The molecule has 0 aliphatic rings. The number of halogens is 3. The number of phosphoric ester groups is 1. The molecule has 3 N–H and O–H groups in total. The molecule has 0 spiro atoms. The van der Waals surface area contributed by atoms with E-state index in [9.17, 15) is 13.8 Å². The summed E-state index contributed by atoms with van der Waals surface area (Å²) in [5.41, 5.74) is 0.415.